The van der Waals surface area contributed by atoms with E-state index in [2.05, 4.69) is 75.6 Å². The number of likely N-dealkylation sites (tertiary alicyclic amines) is 1. The molecule has 2 unspecified atom stereocenters. The maximum absolute atomic E-state index is 6.46. The van der Waals surface area contributed by atoms with Gasteiger partial charge >= 0.3 is 0 Å². The number of benzene rings is 2. The molecule has 1 fully saturated rings. The number of ether oxygens (including phenoxy) is 2. The number of aliphatic imine (C=N–C) groups is 1. The summed E-state index contributed by atoms with van der Waals surface area (Å²) in [4.78, 5) is 9.23. The molecule has 5 rings (SSSR count). The Hall–Kier alpha value is -2.89. The molecule has 4 nitrogen and oxygen atoms in total. The number of hydrogen-bond donors (Lipinski definition) is 0. The van der Waals surface area contributed by atoms with Gasteiger partial charge in [-0.15, -0.1) is 11.3 Å². The molecule has 38 heavy (non-hydrogen) atoms. The van der Waals surface area contributed by atoms with Gasteiger partial charge < -0.3 is 9.47 Å². The minimum atomic E-state index is -0.0766. The highest BCUT2D eigenvalue weighted by atomic mass is 32.1. The summed E-state index contributed by atoms with van der Waals surface area (Å²) in [6.07, 6.45) is 7.83. The molecule has 202 valence electrons. The summed E-state index contributed by atoms with van der Waals surface area (Å²) in [5.41, 5.74) is 4.53. The van der Waals surface area contributed by atoms with Crippen LogP contribution in [0.5, 0.6) is 0 Å². The van der Waals surface area contributed by atoms with Crippen molar-refractivity contribution < 1.29 is 9.47 Å². The van der Waals surface area contributed by atoms with E-state index in [1.807, 2.05) is 24.3 Å². The van der Waals surface area contributed by atoms with E-state index in [1.54, 1.807) is 11.3 Å². The molecule has 0 bridgehead atoms. The molecule has 2 aromatic carbocycles. The SMILES string of the molecule is C=C(OC(C)c1ccccc1C)c1ccc(C2=Nc3ccccc3C(N3CCCC3)O2)s1.CCCCCC. The highest BCUT2D eigenvalue weighted by Gasteiger charge is 2.32. The molecular formula is C33H42N2O2S. The van der Waals surface area contributed by atoms with Crippen molar-refractivity contribution in [3.63, 3.8) is 0 Å². The van der Waals surface area contributed by atoms with Crippen LogP contribution < -0.4 is 0 Å². The topological polar surface area (TPSA) is 34.1 Å². The van der Waals surface area contributed by atoms with E-state index in [1.165, 1.54) is 49.7 Å². The zero-order valence-electron chi connectivity index (χ0n) is 23.4. The van der Waals surface area contributed by atoms with Gasteiger partial charge in [-0.2, -0.15) is 0 Å². The first-order valence-corrected chi connectivity index (χ1v) is 14.9. The number of rotatable bonds is 9. The van der Waals surface area contributed by atoms with Gasteiger partial charge in [0.2, 0.25) is 5.90 Å². The third-order valence-electron chi connectivity index (χ3n) is 7.11. The van der Waals surface area contributed by atoms with Crippen LogP contribution in [0.1, 0.15) is 98.1 Å². The Labute approximate surface area is 233 Å². The van der Waals surface area contributed by atoms with Gasteiger partial charge in [-0.1, -0.05) is 88.6 Å². The first kappa shape index (κ1) is 28.1. The lowest BCUT2D eigenvalue weighted by Crippen LogP contribution is -2.31. The van der Waals surface area contributed by atoms with E-state index in [9.17, 15) is 0 Å². The molecule has 2 atom stereocenters. The molecule has 2 aliphatic rings. The lowest BCUT2D eigenvalue weighted by Gasteiger charge is -2.32. The van der Waals surface area contributed by atoms with E-state index >= 15 is 0 Å². The van der Waals surface area contributed by atoms with Crippen LogP contribution in [0.15, 0.2) is 72.2 Å². The molecule has 1 saturated heterocycles. The second-order valence-corrected chi connectivity index (χ2v) is 11.2. The summed E-state index contributed by atoms with van der Waals surface area (Å²) in [5, 5.41) is 0. The molecule has 3 heterocycles. The molecule has 0 saturated carbocycles. The summed E-state index contributed by atoms with van der Waals surface area (Å²) in [7, 11) is 0. The zero-order valence-corrected chi connectivity index (χ0v) is 24.2. The predicted molar refractivity (Wildman–Crippen MR) is 161 cm³/mol. The average molecular weight is 531 g/mol. The van der Waals surface area contributed by atoms with Crippen LogP contribution in [0.2, 0.25) is 0 Å². The number of nitrogens with zero attached hydrogens (tertiary/aromatic N) is 2. The largest absolute Gasteiger partial charge is 0.485 e. The minimum absolute atomic E-state index is 0.0658. The molecule has 3 aromatic rings. The van der Waals surface area contributed by atoms with E-state index < -0.39 is 0 Å². The van der Waals surface area contributed by atoms with Crippen molar-refractivity contribution in [2.24, 2.45) is 4.99 Å². The maximum Gasteiger partial charge on any atom is 0.233 e. The standard InChI is InChI=1S/C27H28N2O2S.C6H14/c1-18-10-4-5-11-21(18)19(2)30-20(3)24-14-15-25(32-24)26-28-23-13-7-6-12-22(23)27(31-26)29-16-8-9-17-29;1-3-5-6-4-2/h4-7,10-15,19,27H,3,8-9,16-17H2,1-2H3;3-6H2,1-2H3. The van der Waals surface area contributed by atoms with Gasteiger partial charge in [0, 0.05) is 18.7 Å². The Morgan fingerprint density at radius 1 is 1.03 bits per heavy atom. The Bertz CT molecular complexity index is 1220. The molecule has 0 amide bonds. The lowest BCUT2D eigenvalue weighted by molar-refractivity contribution is 0.0297. The fraction of sp³-hybridized carbons (Fsp3) is 0.424. The van der Waals surface area contributed by atoms with Gasteiger partial charge in [0.15, 0.2) is 6.23 Å². The van der Waals surface area contributed by atoms with E-state index in [4.69, 9.17) is 14.5 Å². The molecule has 0 N–H and O–H groups in total. The van der Waals surface area contributed by atoms with Crippen LogP contribution in [0, 0.1) is 6.92 Å². The Balaban J connectivity index is 0.000000505. The smallest absolute Gasteiger partial charge is 0.233 e. The van der Waals surface area contributed by atoms with Gasteiger partial charge in [0.1, 0.15) is 11.9 Å². The van der Waals surface area contributed by atoms with Crippen LogP contribution in [0.4, 0.5) is 5.69 Å². The van der Waals surface area contributed by atoms with E-state index in [-0.39, 0.29) is 12.3 Å². The van der Waals surface area contributed by atoms with Crippen molar-refractivity contribution in [3.05, 3.63) is 93.7 Å². The van der Waals surface area contributed by atoms with Crippen molar-refractivity contribution in [3.8, 4) is 0 Å². The van der Waals surface area contributed by atoms with Crippen LogP contribution in [-0.4, -0.2) is 23.9 Å². The monoisotopic (exact) mass is 530 g/mol. The van der Waals surface area contributed by atoms with Gasteiger partial charge in [-0.3, -0.25) is 4.90 Å². The molecule has 1 aromatic heterocycles. The van der Waals surface area contributed by atoms with Crippen LogP contribution >= 0.6 is 11.3 Å². The zero-order chi connectivity index (χ0) is 26.9. The van der Waals surface area contributed by atoms with Crippen molar-refractivity contribution in [2.45, 2.75) is 78.6 Å². The second-order valence-electron chi connectivity index (χ2n) is 10.1. The summed E-state index contributed by atoms with van der Waals surface area (Å²) in [5.74, 6) is 1.35. The number of hydrogen-bond acceptors (Lipinski definition) is 5. The van der Waals surface area contributed by atoms with Gasteiger partial charge in [0.25, 0.3) is 0 Å². The molecular weight excluding hydrogens is 488 g/mol. The highest BCUT2D eigenvalue weighted by molar-refractivity contribution is 7.15. The molecule has 0 radical (unpaired) electrons. The first-order chi connectivity index (χ1) is 18.5. The van der Waals surface area contributed by atoms with Crippen molar-refractivity contribution in [2.75, 3.05) is 13.1 Å². The minimum Gasteiger partial charge on any atom is -0.485 e. The van der Waals surface area contributed by atoms with Crippen LogP contribution in [-0.2, 0) is 9.47 Å². The number of fused-ring (bicyclic) bond motifs is 1. The van der Waals surface area contributed by atoms with Crippen molar-refractivity contribution in [1.29, 1.82) is 0 Å². The fourth-order valence-corrected chi connectivity index (χ4v) is 5.80. The van der Waals surface area contributed by atoms with E-state index in [0.29, 0.717) is 11.7 Å². The Morgan fingerprint density at radius 2 is 1.71 bits per heavy atom. The third kappa shape index (κ3) is 6.95. The number of unbranched alkanes of at least 4 members (excludes halogenated alkanes) is 3. The summed E-state index contributed by atoms with van der Waals surface area (Å²) < 4.78 is 12.6. The normalized spacial score (nSPS) is 17.5. The summed E-state index contributed by atoms with van der Waals surface area (Å²) in [6, 6.07) is 20.7. The summed E-state index contributed by atoms with van der Waals surface area (Å²) >= 11 is 1.61. The third-order valence-corrected chi connectivity index (χ3v) is 8.23. The molecule has 2 aliphatic heterocycles. The van der Waals surface area contributed by atoms with Crippen LogP contribution in [0.25, 0.3) is 5.76 Å². The average Bonchev–Trinajstić information content (AvgIpc) is 3.65. The van der Waals surface area contributed by atoms with Gasteiger partial charge in [0.05, 0.1) is 15.4 Å². The first-order valence-electron chi connectivity index (χ1n) is 14.1. The number of thiophene rings is 1. The Kier molecular flexibility index (Phi) is 10.2. The predicted octanol–water partition coefficient (Wildman–Crippen LogP) is 9.59. The quantitative estimate of drug-likeness (QED) is 0.204. The van der Waals surface area contributed by atoms with Crippen LogP contribution in [0.3, 0.4) is 0 Å². The second kappa shape index (κ2) is 13.8. The van der Waals surface area contributed by atoms with Crippen molar-refractivity contribution in [1.82, 2.24) is 4.90 Å². The van der Waals surface area contributed by atoms with Gasteiger partial charge in [-0.25, -0.2) is 4.99 Å². The molecule has 5 heteroatoms. The highest BCUT2D eigenvalue weighted by Crippen LogP contribution is 2.39. The Morgan fingerprint density at radius 3 is 2.42 bits per heavy atom. The fourth-order valence-electron chi connectivity index (χ4n) is 4.94. The maximum atomic E-state index is 6.46. The lowest BCUT2D eigenvalue weighted by atomic mass is 10.0. The number of aryl methyl sites for hydroxylation is 1. The van der Waals surface area contributed by atoms with Crippen molar-refractivity contribution >= 4 is 28.7 Å². The summed E-state index contributed by atoms with van der Waals surface area (Å²) in [6.45, 7) is 14.9. The molecule has 0 aliphatic carbocycles. The van der Waals surface area contributed by atoms with Gasteiger partial charge in [-0.05, 0) is 56.0 Å². The van der Waals surface area contributed by atoms with E-state index in [0.717, 1.165) is 34.1 Å². The molecule has 0 spiro atoms. The number of para-hydroxylation sites is 1.